The van der Waals surface area contributed by atoms with Crippen molar-refractivity contribution in [1.82, 2.24) is 0 Å². The number of hydrogen-bond acceptors (Lipinski definition) is 5. The Hall–Kier alpha value is -2.17. The number of aryl methyl sites for hydroxylation is 2. The highest BCUT2D eigenvalue weighted by Gasteiger charge is 2.23. The number of aromatic hydroxyl groups is 1. The molecule has 0 heterocycles. The summed E-state index contributed by atoms with van der Waals surface area (Å²) < 4.78 is 4.56. The molecule has 0 aliphatic heterocycles. The van der Waals surface area contributed by atoms with Crippen molar-refractivity contribution in [3.8, 4) is 5.75 Å². The van der Waals surface area contributed by atoms with Crippen LogP contribution in [0.3, 0.4) is 0 Å². The van der Waals surface area contributed by atoms with Gasteiger partial charge in [0, 0.05) is 0 Å². The quantitative estimate of drug-likeness (QED) is 0.388. The van der Waals surface area contributed by atoms with Crippen LogP contribution >= 0.6 is 0 Å². The van der Waals surface area contributed by atoms with E-state index in [0.717, 1.165) is 36.8 Å². The highest BCUT2D eigenvalue weighted by Crippen LogP contribution is 2.29. The molecule has 0 saturated heterocycles. The molecule has 112 valence electrons. The largest absolute Gasteiger partial charge is 0.507 e. The Bertz CT molecular complexity index is 589. The third-order valence-electron chi connectivity index (χ3n) is 3.58. The fraction of sp³-hybridized carbons (Fsp3) is 0.438. The Kier molecular flexibility index (Phi) is 4.73. The number of fused-ring (bicyclic) bond motifs is 1. The fourth-order valence-electron chi connectivity index (χ4n) is 2.52. The second kappa shape index (κ2) is 6.52. The van der Waals surface area contributed by atoms with Gasteiger partial charge in [0.15, 0.2) is 5.78 Å². The number of ketones is 2. The van der Waals surface area contributed by atoms with Crippen LogP contribution in [-0.4, -0.2) is 29.2 Å². The van der Waals surface area contributed by atoms with Gasteiger partial charge in [-0.3, -0.25) is 9.59 Å². The summed E-state index contributed by atoms with van der Waals surface area (Å²) in [5.41, 5.74) is 2.19. The van der Waals surface area contributed by atoms with Crippen molar-refractivity contribution in [2.24, 2.45) is 0 Å². The fourth-order valence-corrected chi connectivity index (χ4v) is 2.52. The zero-order valence-electron chi connectivity index (χ0n) is 12.0. The zero-order valence-corrected chi connectivity index (χ0v) is 12.0. The average Bonchev–Trinajstić information content (AvgIpc) is 2.46. The second-order valence-electron chi connectivity index (χ2n) is 5.09. The Morgan fingerprint density at radius 1 is 1.14 bits per heavy atom. The molecule has 1 aliphatic carbocycles. The van der Waals surface area contributed by atoms with E-state index in [4.69, 9.17) is 0 Å². The van der Waals surface area contributed by atoms with Crippen molar-refractivity contribution in [3.05, 3.63) is 28.8 Å². The monoisotopic (exact) mass is 290 g/mol. The number of esters is 1. The van der Waals surface area contributed by atoms with Crippen LogP contribution in [-0.2, 0) is 27.2 Å². The van der Waals surface area contributed by atoms with Crippen molar-refractivity contribution in [2.75, 3.05) is 6.61 Å². The summed E-state index contributed by atoms with van der Waals surface area (Å²) in [7, 11) is 0. The standard InChI is InChI=1S/C16H18O5/c1-2-21-16(20)15(19)9-14(18)12-7-10-5-3-4-6-11(10)8-13(12)17/h7-8,17H,2-6,9H2,1H3. The molecule has 0 saturated carbocycles. The molecule has 0 amide bonds. The second-order valence-corrected chi connectivity index (χ2v) is 5.09. The number of hydrogen-bond donors (Lipinski definition) is 1. The molecular weight excluding hydrogens is 272 g/mol. The summed E-state index contributed by atoms with van der Waals surface area (Å²) in [6.07, 6.45) is 3.29. The number of phenolic OH excluding ortho intramolecular Hbond substituents is 1. The molecule has 0 spiro atoms. The molecule has 0 bridgehead atoms. The van der Waals surface area contributed by atoms with E-state index in [0.29, 0.717) is 0 Å². The lowest BCUT2D eigenvalue weighted by Gasteiger charge is -2.17. The van der Waals surface area contributed by atoms with E-state index < -0.39 is 24.0 Å². The summed E-state index contributed by atoms with van der Waals surface area (Å²) in [4.78, 5) is 34.9. The van der Waals surface area contributed by atoms with Crippen LogP contribution in [0, 0.1) is 0 Å². The SMILES string of the molecule is CCOC(=O)C(=O)CC(=O)c1cc2c(cc1O)CCCC2. The maximum Gasteiger partial charge on any atom is 0.375 e. The number of rotatable bonds is 5. The van der Waals surface area contributed by atoms with Crippen molar-refractivity contribution < 1.29 is 24.2 Å². The molecule has 5 nitrogen and oxygen atoms in total. The summed E-state index contributed by atoms with van der Waals surface area (Å²) in [5, 5.41) is 9.94. The minimum absolute atomic E-state index is 0.0862. The molecule has 2 rings (SSSR count). The van der Waals surface area contributed by atoms with E-state index in [2.05, 4.69) is 4.74 Å². The molecule has 1 aromatic rings. The third kappa shape index (κ3) is 3.48. The molecule has 5 heteroatoms. The predicted molar refractivity (Wildman–Crippen MR) is 75.3 cm³/mol. The number of phenols is 1. The van der Waals surface area contributed by atoms with Gasteiger partial charge in [-0.2, -0.15) is 0 Å². The topological polar surface area (TPSA) is 80.7 Å². The minimum atomic E-state index is -1.01. The van der Waals surface area contributed by atoms with Crippen molar-refractivity contribution in [2.45, 2.75) is 39.0 Å². The van der Waals surface area contributed by atoms with Gasteiger partial charge >= 0.3 is 5.97 Å². The van der Waals surface area contributed by atoms with Gasteiger partial charge in [-0.25, -0.2) is 4.79 Å². The van der Waals surface area contributed by atoms with Gasteiger partial charge in [-0.1, -0.05) is 0 Å². The lowest BCUT2D eigenvalue weighted by molar-refractivity contribution is -0.153. The van der Waals surface area contributed by atoms with Gasteiger partial charge in [0.05, 0.1) is 18.6 Å². The predicted octanol–water partition coefficient (Wildman–Crippen LogP) is 1.98. The molecule has 0 aromatic heterocycles. The number of carbonyl (C=O) groups excluding carboxylic acids is 3. The van der Waals surface area contributed by atoms with Crippen LogP contribution in [0.15, 0.2) is 12.1 Å². The van der Waals surface area contributed by atoms with Gasteiger partial charge in [0.2, 0.25) is 5.78 Å². The Morgan fingerprint density at radius 2 is 1.76 bits per heavy atom. The number of benzene rings is 1. The van der Waals surface area contributed by atoms with Gasteiger partial charge in [-0.05, 0) is 55.9 Å². The number of carbonyl (C=O) groups is 3. The third-order valence-corrected chi connectivity index (χ3v) is 3.58. The maximum atomic E-state index is 12.1. The smallest absolute Gasteiger partial charge is 0.375 e. The molecule has 1 aliphatic rings. The Labute approximate surface area is 122 Å². The van der Waals surface area contributed by atoms with E-state index >= 15 is 0 Å². The molecular formula is C16H18O5. The first-order valence-corrected chi connectivity index (χ1v) is 7.10. The van der Waals surface area contributed by atoms with Crippen molar-refractivity contribution in [3.63, 3.8) is 0 Å². The highest BCUT2D eigenvalue weighted by molar-refractivity contribution is 6.38. The Balaban J connectivity index is 2.16. The van der Waals surface area contributed by atoms with Crippen molar-refractivity contribution in [1.29, 1.82) is 0 Å². The average molecular weight is 290 g/mol. The van der Waals surface area contributed by atoms with Crippen LogP contribution in [0.4, 0.5) is 0 Å². The van der Waals surface area contributed by atoms with Crippen LogP contribution in [0.5, 0.6) is 5.75 Å². The summed E-state index contributed by atoms with van der Waals surface area (Å²) in [6, 6.07) is 3.24. The molecule has 1 aromatic carbocycles. The van der Waals surface area contributed by atoms with Crippen molar-refractivity contribution >= 4 is 17.5 Å². The van der Waals surface area contributed by atoms with E-state index in [1.165, 1.54) is 0 Å². The molecule has 0 radical (unpaired) electrons. The highest BCUT2D eigenvalue weighted by atomic mass is 16.5. The van der Waals surface area contributed by atoms with Crippen LogP contribution in [0.25, 0.3) is 0 Å². The molecule has 1 N–H and O–H groups in total. The number of ether oxygens (including phenoxy) is 1. The normalized spacial score (nSPS) is 13.4. The zero-order chi connectivity index (χ0) is 15.4. The first-order valence-electron chi connectivity index (χ1n) is 7.10. The summed E-state index contributed by atoms with van der Waals surface area (Å²) in [6.45, 7) is 1.67. The molecule has 0 unspecified atom stereocenters. The van der Waals surface area contributed by atoms with Gasteiger partial charge in [0.25, 0.3) is 0 Å². The Morgan fingerprint density at radius 3 is 2.38 bits per heavy atom. The van der Waals surface area contributed by atoms with E-state index in [1.807, 2.05) is 0 Å². The van der Waals surface area contributed by atoms with Crippen LogP contribution < -0.4 is 0 Å². The van der Waals surface area contributed by atoms with Crippen LogP contribution in [0.2, 0.25) is 0 Å². The minimum Gasteiger partial charge on any atom is -0.507 e. The number of Topliss-reactive ketones (excluding diaryl/α,β-unsaturated/α-hetero) is 2. The lowest BCUT2D eigenvalue weighted by atomic mass is 9.88. The molecule has 0 atom stereocenters. The van der Waals surface area contributed by atoms with Gasteiger partial charge in [-0.15, -0.1) is 0 Å². The van der Waals surface area contributed by atoms with Gasteiger partial charge < -0.3 is 9.84 Å². The molecule has 21 heavy (non-hydrogen) atoms. The molecule has 0 fully saturated rings. The maximum absolute atomic E-state index is 12.1. The van der Waals surface area contributed by atoms with E-state index in [-0.39, 0.29) is 17.9 Å². The van der Waals surface area contributed by atoms with Crippen LogP contribution in [0.1, 0.15) is 47.7 Å². The first kappa shape index (κ1) is 15.2. The summed E-state index contributed by atoms with van der Waals surface area (Å²) in [5.74, 6) is -2.58. The van der Waals surface area contributed by atoms with E-state index in [1.54, 1.807) is 19.1 Å². The van der Waals surface area contributed by atoms with E-state index in [9.17, 15) is 19.5 Å². The lowest BCUT2D eigenvalue weighted by Crippen LogP contribution is -2.21. The van der Waals surface area contributed by atoms with Gasteiger partial charge in [0.1, 0.15) is 5.75 Å². The first-order chi connectivity index (χ1) is 10.0. The summed E-state index contributed by atoms with van der Waals surface area (Å²) >= 11 is 0.